The fourth-order valence-corrected chi connectivity index (χ4v) is 4.47. The van der Waals surface area contributed by atoms with E-state index in [0.717, 1.165) is 37.8 Å². The van der Waals surface area contributed by atoms with E-state index >= 15 is 0 Å². The molecule has 2 aliphatic heterocycles. The van der Waals surface area contributed by atoms with Crippen LogP contribution in [-0.2, 0) is 12.1 Å². The highest BCUT2D eigenvalue weighted by Crippen LogP contribution is 2.44. The van der Waals surface area contributed by atoms with E-state index in [1.165, 1.54) is 12.0 Å². The van der Waals surface area contributed by atoms with Crippen LogP contribution in [0.5, 0.6) is 6.01 Å². The number of aliphatic hydroxyl groups is 1. The molecule has 25 heavy (non-hydrogen) atoms. The first-order valence-electron chi connectivity index (χ1n) is 9.06. The first kappa shape index (κ1) is 16.5. The van der Waals surface area contributed by atoms with E-state index in [1.807, 2.05) is 0 Å². The Hall–Kier alpha value is -1.98. The van der Waals surface area contributed by atoms with Gasteiger partial charge in [0.25, 0.3) is 0 Å². The maximum absolute atomic E-state index is 11.3. The number of benzene rings is 1. The van der Waals surface area contributed by atoms with E-state index in [0.29, 0.717) is 18.1 Å². The maximum Gasteiger partial charge on any atom is 0.316 e. The largest absolute Gasteiger partial charge is 0.467 e. The third-order valence-electron chi connectivity index (χ3n) is 5.72. The van der Waals surface area contributed by atoms with Crippen LogP contribution in [0.15, 0.2) is 42.7 Å². The normalized spacial score (nSPS) is 29.4. The van der Waals surface area contributed by atoms with Gasteiger partial charge in [0.05, 0.1) is 12.7 Å². The van der Waals surface area contributed by atoms with Gasteiger partial charge in [0, 0.05) is 36.6 Å². The van der Waals surface area contributed by atoms with Crippen LogP contribution in [-0.4, -0.2) is 39.2 Å². The lowest BCUT2D eigenvalue weighted by atomic mass is 9.73. The van der Waals surface area contributed by atoms with Crippen molar-refractivity contribution in [3.63, 3.8) is 0 Å². The van der Waals surface area contributed by atoms with Crippen LogP contribution in [0, 0.1) is 0 Å². The van der Waals surface area contributed by atoms with Gasteiger partial charge in [-0.3, -0.25) is 4.90 Å². The Morgan fingerprint density at radius 3 is 2.36 bits per heavy atom. The van der Waals surface area contributed by atoms with Crippen molar-refractivity contribution in [2.24, 2.45) is 0 Å². The summed E-state index contributed by atoms with van der Waals surface area (Å²) in [6.45, 7) is 0.964. The number of fused-ring (bicyclic) bond motifs is 2. The molecule has 1 aromatic heterocycles. The second-order valence-electron chi connectivity index (χ2n) is 7.29. The number of rotatable bonds is 4. The molecule has 1 aromatic carbocycles. The Morgan fingerprint density at radius 2 is 1.76 bits per heavy atom. The Labute approximate surface area is 148 Å². The number of aromatic nitrogens is 2. The molecule has 2 aliphatic rings. The van der Waals surface area contributed by atoms with Crippen LogP contribution in [0.25, 0.3) is 0 Å². The molecule has 2 atom stereocenters. The van der Waals surface area contributed by atoms with Crippen molar-refractivity contribution in [3.8, 4) is 6.01 Å². The third-order valence-corrected chi connectivity index (χ3v) is 5.72. The molecule has 2 unspecified atom stereocenters. The van der Waals surface area contributed by atoms with Gasteiger partial charge in [-0.2, -0.15) is 0 Å². The summed E-state index contributed by atoms with van der Waals surface area (Å²) < 4.78 is 5.04. The molecule has 5 heteroatoms. The van der Waals surface area contributed by atoms with Crippen molar-refractivity contribution in [1.29, 1.82) is 0 Å². The Bertz CT molecular complexity index is 691. The topological polar surface area (TPSA) is 58.5 Å². The highest BCUT2D eigenvalue weighted by molar-refractivity contribution is 5.21. The Balaban J connectivity index is 1.55. The molecule has 5 nitrogen and oxygen atoms in total. The molecule has 2 fully saturated rings. The molecule has 1 N–H and O–H groups in total. The zero-order chi connectivity index (χ0) is 17.3. The van der Waals surface area contributed by atoms with Gasteiger partial charge < -0.3 is 9.84 Å². The molecule has 132 valence electrons. The number of hydrogen-bond acceptors (Lipinski definition) is 5. The summed E-state index contributed by atoms with van der Waals surface area (Å²) in [6.07, 6.45) is 8.45. The Kier molecular flexibility index (Phi) is 4.44. The molecule has 0 radical (unpaired) electrons. The molecular weight excluding hydrogens is 314 g/mol. The van der Waals surface area contributed by atoms with E-state index in [4.69, 9.17) is 4.74 Å². The first-order valence-corrected chi connectivity index (χ1v) is 9.06. The molecular formula is C20H25N3O2. The van der Waals surface area contributed by atoms with Crippen molar-refractivity contribution in [2.45, 2.75) is 56.3 Å². The zero-order valence-electron chi connectivity index (χ0n) is 14.6. The van der Waals surface area contributed by atoms with E-state index in [-0.39, 0.29) is 0 Å². The molecule has 2 saturated heterocycles. The number of hydrogen-bond donors (Lipinski definition) is 1. The van der Waals surface area contributed by atoms with E-state index in [2.05, 4.69) is 45.2 Å². The molecule has 0 saturated carbocycles. The van der Waals surface area contributed by atoms with Gasteiger partial charge >= 0.3 is 6.01 Å². The molecule has 4 rings (SSSR count). The molecule has 0 aliphatic carbocycles. The highest BCUT2D eigenvalue weighted by Gasteiger charge is 2.46. The average molecular weight is 339 g/mol. The minimum Gasteiger partial charge on any atom is -0.467 e. The lowest BCUT2D eigenvalue weighted by Gasteiger charge is -2.52. The minimum absolute atomic E-state index is 0.342. The monoisotopic (exact) mass is 339 g/mol. The smallest absolute Gasteiger partial charge is 0.316 e. The molecule has 2 bridgehead atoms. The van der Waals surface area contributed by atoms with Crippen molar-refractivity contribution in [2.75, 3.05) is 7.11 Å². The van der Waals surface area contributed by atoms with Gasteiger partial charge in [0.15, 0.2) is 0 Å². The van der Waals surface area contributed by atoms with Gasteiger partial charge in [-0.25, -0.2) is 9.97 Å². The maximum atomic E-state index is 11.3. The van der Waals surface area contributed by atoms with E-state index in [1.54, 1.807) is 19.5 Å². The van der Waals surface area contributed by atoms with E-state index < -0.39 is 5.60 Å². The fraction of sp³-hybridized carbons (Fsp3) is 0.500. The van der Waals surface area contributed by atoms with Gasteiger partial charge in [0.1, 0.15) is 0 Å². The highest BCUT2D eigenvalue weighted by atomic mass is 16.5. The Morgan fingerprint density at radius 1 is 1.12 bits per heavy atom. The number of piperidine rings is 2. The van der Waals surface area contributed by atoms with Crippen molar-refractivity contribution in [1.82, 2.24) is 14.9 Å². The fourth-order valence-electron chi connectivity index (χ4n) is 4.47. The standard InChI is InChI=1S/C20H25N3O2/c1-25-19-21-12-16(13-22-19)20(24)10-17-8-5-9-18(11-20)23(17)14-15-6-3-2-4-7-15/h2-4,6-7,12-13,17-18,24H,5,8-11,14H2,1H3. The molecule has 2 aromatic rings. The second kappa shape index (κ2) is 6.73. The zero-order valence-corrected chi connectivity index (χ0v) is 14.6. The second-order valence-corrected chi connectivity index (χ2v) is 7.29. The van der Waals surface area contributed by atoms with Gasteiger partial charge in [-0.15, -0.1) is 0 Å². The van der Waals surface area contributed by atoms with Crippen molar-refractivity contribution in [3.05, 3.63) is 53.9 Å². The summed E-state index contributed by atoms with van der Waals surface area (Å²) in [5, 5.41) is 11.3. The molecule has 3 heterocycles. The first-order chi connectivity index (χ1) is 12.2. The van der Waals surface area contributed by atoms with Crippen LogP contribution in [0.3, 0.4) is 0 Å². The number of ether oxygens (including phenoxy) is 1. The van der Waals surface area contributed by atoms with Crippen LogP contribution < -0.4 is 4.74 Å². The van der Waals surface area contributed by atoms with Gasteiger partial charge in [-0.05, 0) is 31.2 Å². The average Bonchev–Trinajstić information content (AvgIpc) is 2.64. The summed E-state index contributed by atoms with van der Waals surface area (Å²) in [6, 6.07) is 11.8. The summed E-state index contributed by atoms with van der Waals surface area (Å²) >= 11 is 0. The summed E-state index contributed by atoms with van der Waals surface area (Å²) in [5.41, 5.74) is 1.32. The summed E-state index contributed by atoms with van der Waals surface area (Å²) in [4.78, 5) is 11.0. The minimum atomic E-state index is -0.838. The number of methoxy groups -OCH3 is 1. The van der Waals surface area contributed by atoms with Crippen molar-refractivity contribution >= 4 is 0 Å². The lowest BCUT2D eigenvalue weighted by Crippen LogP contribution is -2.56. The van der Waals surface area contributed by atoms with Crippen LogP contribution in [0.1, 0.15) is 43.2 Å². The van der Waals surface area contributed by atoms with Crippen LogP contribution in [0.4, 0.5) is 0 Å². The van der Waals surface area contributed by atoms with Crippen LogP contribution >= 0.6 is 0 Å². The van der Waals surface area contributed by atoms with Crippen molar-refractivity contribution < 1.29 is 9.84 Å². The van der Waals surface area contributed by atoms with Crippen LogP contribution in [0.2, 0.25) is 0 Å². The lowest BCUT2D eigenvalue weighted by molar-refractivity contribution is -0.100. The quantitative estimate of drug-likeness (QED) is 0.928. The van der Waals surface area contributed by atoms with E-state index in [9.17, 15) is 5.11 Å². The summed E-state index contributed by atoms with van der Waals surface area (Å²) in [5.74, 6) is 0. The van der Waals surface area contributed by atoms with Gasteiger partial charge in [0.2, 0.25) is 0 Å². The molecule has 0 amide bonds. The molecule has 0 spiro atoms. The predicted molar refractivity (Wildman–Crippen MR) is 95.1 cm³/mol. The van der Waals surface area contributed by atoms with Gasteiger partial charge in [-0.1, -0.05) is 36.8 Å². The number of nitrogens with zero attached hydrogens (tertiary/aromatic N) is 3. The third kappa shape index (κ3) is 3.26. The predicted octanol–water partition coefficient (Wildman–Crippen LogP) is 2.89. The SMILES string of the molecule is COc1ncc(C2(O)CC3CCCC(C2)N3Cc2ccccc2)cn1. The summed E-state index contributed by atoms with van der Waals surface area (Å²) in [7, 11) is 1.55.